The minimum Gasteiger partial charge on any atom is -0.327 e. The normalized spacial score (nSPS) is 13.7. The Morgan fingerprint density at radius 3 is 2.69 bits per heavy atom. The van der Waals surface area contributed by atoms with E-state index >= 15 is 0 Å². The van der Waals surface area contributed by atoms with E-state index in [0.717, 1.165) is 17.3 Å². The van der Waals surface area contributed by atoms with Crippen LogP contribution in [0, 0.1) is 0 Å². The minimum atomic E-state index is -3.26. The summed E-state index contributed by atoms with van der Waals surface area (Å²) in [5.41, 5.74) is 5.75. The van der Waals surface area contributed by atoms with Gasteiger partial charge >= 0.3 is 0 Å². The second kappa shape index (κ2) is 5.80. The molecule has 0 heterocycles. The maximum atomic E-state index is 12.0. The summed E-state index contributed by atoms with van der Waals surface area (Å²) < 4.78 is 24.7. The van der Waals surface area contributed by atoms with Crippen molar-refractivity contribution in [2.75, 3.05) is 5.75 Å². The molecule has 0 aliphatic heterocycles. The maximum absolute atomic E-state index is 12.0. The Balaban J connectivity index is 2.86. The number of halogens is 1. The first-order chi connectivity index (χ1) is 7.45. The molecular weight excluding hydrogens is 290 g/mol. The van der Waals surface area contributed by atoms with Crippen molar-refractivity contribution in [1.82, 2.24) is 0 Å². The Bertz CT molecular complexity index is 445. The first-order valence-corrected chi connectivity index (χ1v) is 7.64. The molecule has 0 spiro atoms. The van der Waals surface area contributed by atoms with Crippen molar-refractivity contribution in [3.8, 4) is 0 Å². The third-order valence-electron chi connectivity index (χ3n) is 2.25. The van der Waals surface area contributed by atoms with E-state index in [-0.39, 0.29) is 11.8 Å². The molecule has 0 amide bonds. The fraction of sp³-hybridized carbons (Fsp3) is 0.455. The summed E-state index contributed by atoms with van der Waals surface area (Å²) in [6.07, 6.45) is 1.63. The molecule has 1 aromatic rings. The van der Waals surface area contributed by atoms with Crippen LogP contribution in [0.2, 0.25) is 0 Å². The second-order valence-electron chi connectivity index (χ2n) is 3.79. The number of hydrogen-bond donors (Lipinski definition) is 1. The summed E-state index contributed by atoms with van der Waals surface area (Å²) in [6, 6.07) is 6.43. The predicted octanol–water partition coefficient (Wildman–Crippen LogP) is 2.35. The van der Waals surface area contributed by atoms with Gasteiger partial charge in [-0.2, -0.15) is 0 Å². The molecule has 0 aliphatic rings. The molecule has 16 heavy (non-hydrogen) atoms. The molecular formula is C11H16BrNO2S. The highest BCUT2D eigenvalue weighted by molar-refractivity contribution is 9.10. The molecule has 0 saturated heterocycles. The summed E-state index contributed by atoms with van der Waals surface area (Å²) in [7, 11) is -3.26. The summed E-state index contributed by atoms with van der Waals surface area (Å²) >= 11 is 3.26. The Morgan fingerprint density at radius 2 is 2.12 bits per heavy atom. The van der Waals surface area contributed by atoms with Gasteiger partial charge in [-0.05, 0) is 24.6 Å². The van der Waals surface area contributed by atoms with Crippen LogP contribution in [-0.4, -0.2) is 20.2 Å². The van der Waals surface area contributed by atoms with Crippen molar-refractivity contribution in [1.29, 1.82) is 0 Å². The van der Waals surface area contributed by atoms with Crippen molar-refractivity contribution in [2.24, 2.45) is 5.73 Å². The standard InChI is InChI=1S/C11H16BrNO2S/c1-2-4-10(13)8-16(14,15)11-6-3-5-9(12)7-11/h3,5-7,10H,2,4,8,13H2,1H3. The second-order valence-corrected chi connectivity index (χ2v) is 6.74. The molecule has 1 atom stereocenters. The van der Waals surface area contributed by atoms with Gasteiger partial charge in [-0.25, -0.2) is 8.42 Å². The summed E-state index contributed by atoms with van der Waals surface area (Å²) in [5.74, 6) is 0.0112. The molecule has 90 valence electrons. The molecule has 1 aromatic carbocycles. The summed E-state index contributed by atoms with van der Waals surface area (Å²) in [4.78, 5) is 0.327. The zero-order chi connectivity index (χ0) is 12.2. The molecule has 0 bridgehead atoms. The third kappa shape index (κ3) is 3.88. The quantitative estimate of drug-likeness (QED) is 0.908. The molecule has 0 radical (unpaired) electrons. The summed E-state index contributed by atoms with van der Waals surface area (Å²) in [5, 5.41) is 0. The van der Waals surface area contributed by atoms with Crippen molar-refractivity contribution in [2.45, 2.75) is 30.7 Å². The van der Waals surface area contributed by atoms with E-state index in [1.165, 1.54) is 0 Å². The zero-order valence-electron chi connectivity index (χ0n) is 9.19. The average molecular weight is 306 g/mol. The molecule has 0 aromatic heterocycles. The fourth-order valence-corrected chi connectivity index (χ4v) is 3.56. The first kappa shape index (κ1) is 13.7. The highest BCUT2D eigenvalue weighted by atomic mass is 79.9. The smallest absolute Gasteiger partial charge is 0.179 e. The van der Waals surface area contributed by atoms with Crippen molar-refractivity contribution in [3.05, 3.63) is 28.7 Å². The van der Waals surface area contributed by atoms with Gasteiger partial charge in [-0.15, -0.1) is 0 Å². The topological polar surface area (TPSA) is 60.2 Å². The Labute approximate surface area is 105 Å². The van der Waals surface area contributed by atoms with Crippen molar-refractivity contribution < 1.29 is 8.42 Å². The number of hydrogen-bond acceptors (Lipinski definition) is 3. The van der Waals surface area contributed by atoms with Crippen LogP contribution in [-0.2, 0) is 9.84 Å². The molecule has 0 saturated carbocycles. The lowest BCUT2D eigenvalue weighted by molar-refractivity contribution is 0.577. The van der Waals surface area contributed by atoms with E-state index in [4.69, 9.17) is 5.73 Å². The monoisotopic (exact) mass is 305 g/mol. The predicted molar refractivity (Wildman–Crippen MR) is 69.1 cm³/mol. The van der Waals surface area contributed by atoms with E-state index < -0.39 is 9.84 Å². The third-order valence-corrected chi connectivity index (χ3v) is 4.58. The van der Waals surface area contributed by atoms with Crippen LogP contribution < -0.4 is 5.73 Å². The number of sulfone groups is 1. The van der Waals surface area contributed by atoms with Crippen LogP contribution in [0.1, 0.15) is 19.8 Å². The number of rotatable bonds is 5. The zero-order valence-corrected chi connectivity index (χ0v) is 11.6. The van der Waals surface area contributed by atoms with E-state index in [9.17, 15) is 8.42 Å². The fourth-order valence-electron chi connectivity index (χ4n) is 1.49. The summed E-state index contributed by atoms with van der Waals surface area (Å²) in [6.45, 7) is 1.99. The Morgan fingerprint density at radius 1 is 1.44 bits per heavy atom. The lowest BCUT2D eigenvalue weighted by Gasteiger charge is -2.11. The van der Waals surface area contributed by atoms with E-state index in [0.29, 0.717) is 4.90 Å². The lowest BCUT2D eigenvalue weighted by atomic mass is 10.2. The van der Waals surface area contributed by atoms with Crippen LogP contribution in [0.25, 0.3) is 0 Å². The van der Waals surface area contributed by atoms with Gasteiger partial charge in [0.25, 0.3) is 0 Å². The Hall–Kier alpha value is -0.390. The Kier molecular flexibility index (Phi) is 4.95. The van der Waals surface area contributed by atoms with Gasteiger partial charge in [-0.3, -0.25) is 0 Å². The van der Waals surface area contributed by atoms with Crippen LogP contribution >= 0.6 is 15.9 Å². The van der Waals surface area contributed by atoms with E-state index in [1.54, 1.807) is 24.3 Å². The van der Waals surface area contributed by atoms with E-state index in [2.05, 4.69) is 15.9 Å². The van der Waals surface area contributed by atoms with Crippen molar-refractivity contribution in [3.63, 3.8) is 0 Å². The molecule has 2 N–H and O–H groups in total. The van der Waals surface area contributed by atoms with Gasteiger partial charge in [0.1, 0.15) is 0 Å². The number of nitrogens with two attached hydrogens (primary N) is 1. The van der Waals surface area contributed by atoms with E-state index in [1.807, 2.05) is 6.92 Å². The SMILES string of the molecule is CCCC(N)CS(=O)(=O)c1cccc(Br)c1. The lowest BCUT2D eigenvalue weighted by Crippen LogP contribution is -2.29. The molecule has 5 heteroatoms. The molecule has 0 fully saturated rings. The van der Waals surface area contributed by atoms with Gasteiger partial charge in [0.05, 0.1) is 10.6 Å². The van der Waals surface area contributed by atoms with Crippen LogP contribution in [0.3, 0.4) is 0 Å². The van der Waals surface area contributed by atoms with Crippen LogP contribution in [0.4, 0.5) is 0 Å². The van der Waals surface area contributed by atoms with Crippen LogP contribution in [0.15, 0.2) is 33.6 Å². The molecule has 1 rings (SSSR count). The molecule has 1 unspecified atom stereocenters. The van der Waals surface area contributed by atoms with Gasteiger partial charge in [-0.1, -0.05) is 35.3 Å². The largest absolute Gasteiger partial charge is 0.327 e. The van der Waals surface area contributed by atoms with Crippen molar-refractivity contribution >= 4 is 25.8 Å². The van der Waals surface area contributed by atoms with Gasteiger partial charge < -0.3 is 5.73 Å². The van der Waals surface area contributed by atoms with Gasteiger partial charge in [0.2, 0.25) is 0 Å². The van der Waals surface area contributed by atoms with Gasteiger partial charge in [0.15, 0.2) is 9.84 Å². The highest BCUT2D eigenvalue weighted by Gasteiger charge is 2.18. The first-order valence-electron chi connectivity index (χ1n) is 5.19. The maximum Gasteiger partial charge on any atom is 0.179 e. The minimum absolute atomic E-state index is 0.0112. The average Bonchev–Trinajstić information content (AvgIpc) is 2.17. The molecule has 0 aliphatic carbocycles. The molecule has 3 nitrogen and oxygen atoms in total. The van der Waals surface area contributed by atoms with Gasteiger partial charge in [0, 0.05) is 10.5 Å². The number of benzene rings is 1. The highest BCUT2D eigenvalue weighted by Crippen LogP contribution is 2.18. The van der Waals surface area contributed by atoms with Crippen LogP contribution in [0.5, 0.6) is 0 Å².